The number of aliphatic hydroxyl groups excluding tert-OH is 1. The van der Waals surface area contributed by atoms with E-state index in [2.05, 4.69) is 34.6 Å². The summed E-state index contributed by atoms with van der Waals surface area (Å²) < 4.78 is 68.8. The number of phosphoric ester groups is 2. The highest BCUT2D eigenvalue weighted by atomic mass is 31.2. The lowest BCUT2D eigenvalue weighted by atomic mass is 10.0. The standard InChI is InChI=1S/C82H160O17P2/c1-6-9-12-15-18-21-24-27-28-29-30-31-32-33-34-35-38-41-48-53-58-63-68-82(87)99-78(72-93-80(85)66-61-56-51-46-43-42-44-49-54-59-64-75(4)5)74-97-101(90,91)95-70-76(83)69-94-100(88,89)96-73-77(98-81(86)67-62-57-52-47-40-37-26-23-20-17-14-11-8-3)71-92-79(84)65-60-55-50-45-39-36-25-22-19-16-13-10-7-2/h75-78,83H,6-74H2,1-5H3,(H,88,89)(H,90,91)/t76-,77+,78+/m0/s1. The van der Waals surface area contributed by atoms with E-state index in [4.69, 9.17) is 37.0 Å². The van der Waals surface area contributed by atoms with Crippen LogP contribution in [0.25, 0.3) is 0 Å². The zero-order chi connectivity index (χ0) is 74.1. The van der Waals surface area contributed by atoms with Gasteiger partial charge in [-0.3, -0.25) is 37.3 Å². The van der Waals surface area contributed by atoms with Crippen molar-refractivity contribution in [2.24, 2.45) is 5.92 Å². The van der Waals surface area contributed by atoms with Crippen molar-refractivity contribution < 1.29 is 80.2 Å². The van der Waals surface area contributed by atoms with Crippen LogP contribution in [0.2, 0.25) is 0 Å². The lowest BCUT2D eigenvalue weighted by Crippen LogP contribution is -2.30. The van der Waals surface area contributed by atoms with Crippen LogP contribution in [0.15, 0.2) is 0 Å². The molecule has 0 aliphatic heterocycles. The van der Waals surface area contributed by atoms with Crippen molar-refractivity contribution in [3.05, 3.63) is 0 Å². The van der Waals surface area contributed by atoms with Crippen LogP contribution in [0.1, 0.15) is 439 Å². The number of esters is 4. The van der Waals surface area contributed by atoms with E-state index in [9.17, 15) is 43.2 Å². The van der Waals surface area contributed by atoms with Crippen molar-refractivity contribution in [1.29, 1.82) is 0 Å². The number of unbranched alkanes of at least 4 members (excludes halogenated alkanes) is 54. The van der Waals surface area contributed by atoms with E-state index < -0.39 is 97.5 Å². The summed E-state index contributed by atoms with van der Waals surface area (Å²) >= 11 is 0. The molecule has 5 atom stereocenters. The molecule has 0 aromatic heterocycles. The summed E-state index contributed by atoms with van der Waals surface area (Å²) in [5.74, 6) is -1.35. The minimum Gasteiger partial charge on any atom is -0.462 e. The van der Waals surface area contributed by atoms with Crippen molar-refractivity contribution in [2.45, 2.75) is 457 Å². The van der Waals surface area contributed by atoms with Gasteiger partial charge in [-0.1, -0.05) is 388 Å². The molecule has 0 aromatic carbocycles. The third kappa shape index (κ3) is 76.1. The molecule has 0 aromatic rings. The van der Waals surface area contributed by atoms with Gasteiger partial charge in [0.15, 0.2) is 12.2 Å². The Morgan fingerprint density at radius 2 is 0.455 bits per heavy atom. The van der Waals surface area contributed by atoms with E-state index >= 15 is 0 Å². The summed E-state index contributed by atoms with van der Waals surface area (Å²) in [6.07, 6.45) is 66.6. The van der Waals surface area contributed by atoms with E-state index in [1.165, 1.54) is 263 Å². The van der Waals surface area contributed by atoms with Crippen LogP contribution in [0, 0.1) is 5.92 Å². The summed E-state index contributed by atoms with van der Waals surface area (Å²) in [6.45, 7) is 7.33. The summed E-state index contributed by atoms with van der Waals surface area (Å²) in [6, 6.07) is 0. The van der Waals surface area contributed by atoms with Gasteiger partial charge in [0, 0.05) is 25.7 Å². The lowest BCUT2D eigenvalue weighted by molar-refractivity contribution is -0.161. The van der Waals surface area contributed by atoms with Gasteiger partial charge in [-0.05, 0) is 31.6 Å². The number of carbonyl (C=O) groups is 4. The van der Waals surface area contributed by atoms with Crippen molar-refractivity contribution in [3.63, 3.8) is 0 Å². The Balaban J connectivity index is 5.21. The molecule has 0 radical (unpaired) electrons. The van der Waals surface area contributed by atoms with Crippen molar-refractivity contribution >= 4 is 39.5 Å². The molecular formula is C82H160O17P2. The molecule has 0 heterocycles. The number of hydrogen-bond donors (Lipinski definition) is 3. The van der Waals surface area contributed by atoms with Crippen molar-refractivity contribution in [1.82, 2.24) is 0 Å². The minimum atomic E-state index is -4.96. The number of carbonyl (C=O) groups excluding carboxylic acids is 4. The Hall–Kier alpha value is -1.94. The van der Waals surface area contributed by atoms with E-state index in [0.717, 1.165) is 95.8 Å². The number of aliphatic hydroxyl groups is 1. The molecule has 0 bridgehead atoms. The van der Waals surface area contributed by atoms with Gasteiger partial charge in [-0.15, -0.1) is 0 Å². The molecule has 0 aliphatic rings. The molecule has 19 heteroatoms. The first-order valence-corrected chi connectivity index (χ1v) is 45.6. The Morgan fingerprint density at radius 1 is 0.267 bits per heavy atom. The van der Waals surface area contributed by atoms with Crippen LogP contribution in [0.5, 0.6) is 0 Å². The Labute approximate surface area is 619 Å². The molecule has 17 nitrogen and oxygen atoms in total. The first kappa shape index (κ1) is 99.1. The van der Waals surface area contributed by atoms with E-state index in [1.807, 2.05) is 0 Å². The molecule has 0 fully saturated rings. The van der Waals surface area contributed by atoms with Crippen molar-refractivity contribution in [2.75, 3.05) is 39.6 Å². The maximum Gasteiger partial charge on any atom is 0.472 e. The highest BCUT2D eigenvalue weighted by Crippen LogP contribution is 2.45. The molecule has 0 amide bonds. The van der Waals surface area contributed by atoms with Crippen molar-refractivity contribution in [3.8, 4) is 0 Å². The maximum atomic E-state index is 13.1. The zero-order valence-corrected chi connectivity index (χ0v) is 67.8. The second kappa shape index (κ2) is 74.9. The molecule has 0 spiro atoms. The van der Waals surface area contributed by atoms with Crippen LogP contribution in [-0.4, -0.2) is 96.7 Å². The minimum absolute atomic E-state index is 0.108. The topological polar surface area (TPSA) is 237 Å². The van der Waals surface area contributed by atoms with Gasteiger partial charge >= 0.3 is 39.5 Å². The molecule has 0 saturated heterocycles. The van der Waals surface area contributed by atoms with Gasteiger partial charge in [0.25, 0.3) is 0 Å². The average Bonchev–Trinajstić information content (AvgIpc) is 0.921. The lowest BCUT2D eigenvalue weighted by Gasteiger charge is -2.21. The fraction of sp³-hybridized carbons (Fsp3) is 0.951. The third-order valence-electron chi connectivity index (χ3n) is 19.3. The molecule has 0 aliphatic carbocycles. The zero-order valence-electron chi connectivity index (χ0n) is 66.1. The Bertz CT molecular complexity index is 1930. The van der Waals surface area contributed by atoms with Gasteiger partial charge in [0.2, 0.25) is 0 Å². The number of hydrogen-bond acceptors (Lipinski definition) is 15. The first-order valence-electron chi connectivity index (χ1n) is 42.6. The third-order valence-corrected chi connectivity index (χ3v) is 21.2. The molecule has 0 saturated carbocycles. The van der Waals surface area contributed by atoms with E-state index in [1.54, 1.807) is 0 Å². The summed E-state index contributed by atoms with van der Waals surface area (Å²) in [4.78, 5) is 73.1. The highest BCUT2D eigenvalue weighted by Gasteiger charge is 2.30. The normalized spacial score (nSPS) is 13.8. The van der Waals surface area contributed by atoms with Gasteiger partial charge in [0.05, 0.1) is 26.4 Å². The van der Waals surface area contributed by atoms with Gasteiger partial charge in [0.1, 0.15) is 19.3 Å². The predicted molar refractivity (Wildman–Crippen MR) is 414 cm³/mol. The number of phosphoric acid groups is 2. The van der Waals surface area contributed by atoms with Crippen LogP contribution < -0.4 is 0 Å². The van der Waals surface area contributed by atoms with Gasteiger partial charge in [-0.2, -0.15) is 0 Å². The quantitative estimate of drug-likeness (QED) is 0.0222. The predicted octanol–water partition coefficient (Wildman–Crippen LogP) is 24.8. The summed E-state index contributed by atoms with van der Waals surface area (Å²) in [5, 5.41) is 10.6. The first-order chi connectivity index (χ1) is 49.0. The smallest absolute Gasteiger partial charge is 0.462 e. The molecular weight excluding hydrogens is 1320 g/mol. The summed E-state index contributed by atoms with van der Waals surface area (Å²) in [7, 11) is -9.92. The second-order valence-corrected chi connectivity index (χ2v) is 32.9. The molecule has 600 valence electrons. The molecule has 2 unspecified atom stereocenters. The van der Waals surface area contributed by atoms with Gasteiger partial charge < -0.3 is 33.8 Å². The van der Waals surface area contributed by atoms with Crippen LogP contribution in [0.3, 0.4) is 0 Å². The molecule has 3 N–H and O–H groups in total. The fourth-order valence-corrected chi connectivity index (χ4v) is 14.3. The Kier molecular flexibility index (Phi) is 73.5. The monoisotopic (exact) mass is 1480 g/mol. The average molecular weight is 1480 g/mol. The SMILES string of the molecule is CCCCCCCCCCCCCCCCCCCCCCCCC(=O)O[C@H](COC(=O)CCCCCCCCCCCCC(C)C)COP(=O)(O)OC[C@@H](O)COP(=O)(O)OC[C@@H](COC(=O)CCCCCCCCCCCCCCC)OC(=O)CCCCCCCCCCCCCCC. The molecule has 101 heavy (non-hydrogen) atoms. The number of ether oxygens (including phenoxy) is 4. The van der Waals surface area contributed by atoms with Crippen LogP contribution >= 0.6 is 15.6 Å². The largest absolute Gasteiger partial charge is 0.472 e. The van der Waals surface area contributed by atoms with Crippen LogP contribution in [-0.2, 0) is 65.4 Å². The van der Waals surface area contributed by atoms with Gasteiger partial charge in [-0.25, -0.2) is 9.13 Å². The maximum absolute atomic E-state index is 13.1. The Morgan fingerprint density at radius 3 is 0.673 bits per heavy atom. The van der Waals surface area contributed by atoms with Crippen LogP contribution in [0.4, 0.5) is 0 Å². The highest BCUT2D eigenvalue weighted by molar-refractivity contribution is 7.47. The van der Waals surface area contributed by atoms with E-state index in [-0.39, 0.29) is 25.7 Å². The number of rotatable bonds is 82. The van der Waals surface area contributed by atoms with E-state index in [0.29, 0.717) is 25.7 Å². The summed E-state index contributed by atoms with van der Waals surface area (Å²) in [5.41, 5.74) is 0. The molecule has 0 rings (SSSR count). The fourth-order valence-electron chi connectivity index (χ4n) is 12.8. The second-order valence-electron chi connectivity index (χ2n) is 30.0.